The van der Waals surface area contributed by atoms with E-state index < -0.39 is 0 Å². The predicted molar refractivity (Wildman–Crippen MR) is 55.0 cm³/mol. The summed E-state index contributed by atoms with van der Waals surface area (Å²) in [5, 5.41) is 3.29. The maximum atomic E-state index is 11.3. The Hall–Kier alpha value is -0.220. The second-order valence-corrected chi connectivity index (χ2v) is 4.28. The molecule has 0 radical (unpaired) electrons. The number of thioether (sulfide) groups is 1. The minimum atomic E-state index is -0.124. The van der Waals surface area contributed by atoms with Crippen LogP contribution in [0.15, 0.2) is 0 Å². The molecule has 1 N–H and O–H groups in total. The minimum Gasteiger partial charge on any atom is -0.468 e. The largest absolute Gasteiger partial charge is 0.468 e. The normalized spacial score (nSPS) is 18.3. The summed E-state index contributed by atoms with van der Waals surface area (Å²) in [6, 6.07) is 0.468. The summed E-state index contributed by atoms with van der Waals surface area (Å²) in [6.45, 7) is 0. The third-order valence-corrected chi connectivity index (χ3v) is 2.75. The Morgan fingerprint density at radius 3 is 2.85 bits per heavy atom. The average molecular weight is 203 g/mol. The van der Waals surface area contributed by atoms with Crippen LogP contribution in [0.25, 0.3) is 0 Å². The molecule has 1 aliphatic rings. The number of nitrogens with one attached hydrogen (secondary N) is 1. The second-order valence-electron chi connectivity index (χ2n) is 3.30. The van der Waals surface area contributed by atoms with Gasteiger partial charge in [0, 0.05) is 6.04 Å². The zero-order valence-corrected chi connectivity index (χ0v) is 9.02. The average Bonchev–Trinajstić information content (AvgIpc) is 2.94. The number of hydrogen-bond donors (Lipinski definition) is 1. The highest BCUT2D eigenvalue weighted by Crippen LogP contribution is 2.20. The molecule has 1 atom stereocenters. The molecule has 1 rings (SSSR count). The fraction of sp³-hybridized carbons (Fsp3) is 0.889. The minimum absolute atomic E-state index is 0.0926. The van der Waals surface area contributed by atoms with Crippen molar-refractivity contribution in [3.63, 3.8) is 0 Å². The molecule has 0 aliphatic heterocycles. The quantitative estimate of drug-likeness (QED) is 0.654. The van der Waals surface area contributed by atoms with Crippen LogP contribution in [0.4, 0.5) is 0 Å². The lowest BCUT2D eigenvalue weighted by Gasteiger charge is -2.14. The fourth-order valence-electron chi connectivity index (χ4n) is 1.18. The Kier molecular flexibility index (Phi) is 4.59. The van der Waals surface area contributed by atoms with Crippen LogP contribution >= 0.6 is 11.8 Å². The van der Waals surface area contributed by atoms with E-state index in [1.165, 1.54) is 20.0 Å². The standard InChI is InChI=1S/C9H17NO2S/c1-12-9(11)8(5-6-13-2)10-7-3-4-7/h7-8,10H,3-6H2,1-2H3. The summed E-state index contributed by atoms with van der Waals surface area (Å²) in [5.41, 5.74) is 0. The van der Waals surface area contributed by atoms with Gasteiger partial charge in [-0.25, -0.2) is 0 Å². The van der Waals surface area contributed by atoms with Gasteiger partial charge < -0.3 is 10.1 Å². The SMILES string of the molecule is COC(=O)C(CCSC)NC1CC1. The van der Waals surface area contributed by atoms with Crippen molar-refractivity contribution in [2.75, 3.05) is 19.1 Å². The number of rotatable bonds is 6. The zero-order chi connectivity index (χ0) is 9.68. The molecule has 0 aromatic rings. The van der Waals surface area contributed by atoms with Crippen molar-refractivity contribution < 1.29 is 9.53 Å². The molecule has 1 unspecified atom stereocenters. The fourth-order valence-corrected chi connectivity index (χ4v) is 1.65. The number of esters is 1. The van der Waals surface area contributed by atoms with E-state index >= 15 is 0 Å². The van der Waals surface area contributed by atoms with Gasteiger partial charge in [-0.15, -0.1) is 0 Å². The van der Waals surface area contributed by atoms with Crippen molar-refractivity contribution in [2.24, 2.45) is 0 Å². The van der Waals surface area contributed by atoms with Gasteiger partial charge in [-0.3, -0.25) is 4.79 Å². The Morgan fingerprint density at radius 2 is 2.38 bits per heavy atom. The summed E-state index contributed by atoms with van der Waals surface area (Å²) in [4.78, 5) is 11.3. The molecule has 1 aliphatic carbocycles. The Labute approximate surface area is 83.6 Å². The van der Waals surface area contributed by atoms with Crippen molar-refractivity contribution in [2.45, 2.75) is 31.3 Å². The molecule has 0 bridgehead atoms. The molecular formula is C9H17NO2S. The maximum Gasteiger partial charge on any atom is 0.322 e. The second kappa shape index (κ2) is 5.50. The number of methoxy groups -OCH3 is 1. The summed E-state index contributed by atoms with van der Waals surface area (Å²) in [7, 11) is 1.45. The van der Waals surface area contributed by atoms with E-state index in [1.807, 2.05) is 6.26 Å². The van der Waals surface area contributed by atoms with Gasteiger partial charge in [0.2, 0.25) is 0 Å². The molecule has 13 heavy (non-hydrogen) atoms. The smallest absolute Gasteiger partial charge is 0.322 e. The lowest BCUT2D eigenvalue weighted by atomic mass is 10.2. The van der Waals surface area contributed by atoms with Gasteiger partial charge in [0.05, 0.1) is 7.11 Å². The summed E-state index contributed by atoms with van der Waals surface area (Å²) < 4.78 is 4.73. The number of carbonyl (C=O) groups excluding carboxylic acids is 1. The van der Waals surface area contributed by atoms with Crippen LogP contribution in [0.3, 0.4) is 0 Å². The van der Waals surface area contributed by atoms with Crippen molar-refractivity contribution in [3.05, 3.63) is 0 Å². The number of hydrogen-bond acceptors (Lipinski definition) is 4. The highest BCUT2D eigenvalue weighted by Gasteiger charge is 2.28. The lowest BCUT2D eigenvalue weighted by Crippen LogP contribution is -2.39. The van der Waals surface area contributed by atoms with Gasteiger partial charge in [-0.1, -0.05) is 0 Å². The molecule has 3 nitrogen and oxygen atoms in total. The molecule has 0 saturated heterocycles. The van der Waals surface area contributed by atoms with Gasteiger partial charge in [-0.05, 0) is 31.3 Å². The van der Waals surface area contributed by atoms with Gasteiger partial charge >= 0.3 is 5.97 Å². The van der Waals surface area contributed by atoms with Crippen LogP contribution < -0.4 is 5.32 Å². The summed E-state index contributed by atoms with van der Waals surface area (Å²) in [5.74, 6) is 0.875. The van der Waals surface area contributed by atoms with Crippen LogP contribution in [0.2, 0.25) is 0 Å². The van der Waals surface area contributed by atoms with E-state index in [9.17, 15) is 4.79 Å². The third-order valence-electron chi connectivity index (χ3n) is 2.11. The molecule has 0 heterocycles. The number of ether oxygens (including phenoxy) is 1. The highest BCUT2D eigenvalue weighted by atomic mass is 32.2. The van der Waals surface area contributed by atoms with Crippen molar-refractivity contribution in [3.8, 4) is 0 Å². The van der Waals surface area contributed by atoms with Gasteiger partial charge in [-0.2, -0.15) is 11.8 Å². The third kappa shape index (κ3) is 4.00. The molecule has 4 heteroatoms. The summed E-state index contributed by atoms with van der Waals surface area (Å²) in [6.07, 6.45) is 5.31. The van der Waals surface area contributed by atoms with Crippen molar-refractivity contribution in [1.82, 2.24) is 5.32 Å². The molecule has 0 spiro atoms. The molecule has 0 aromatic heterocycles. The van der Waals surface area contributed by atoms with Crippen LogP contribution in [-0.4, -0.2) is 37.2 Å². The monoisotopic (exact) mass is 203 g/mol. The first-order valence-corrected chi connectivity index (χ1v) is 6.00. The van der Waals surface area contributed by atoms with Crippen molar-refractivity contribution in [1.29, 1.82) is 0 Å². The molecule has 76 valence electrons. The molecular weight excluding hydrogens is 186 g/mol. The van der Waals surface area contributed by atoms with E-state index in [0.29, 0.717) is 6.04 Å². The van der Waals surface area contributed by atoms with Crippen LogP contribution in [0.1, 0.15) is 19.3 Å². The van der Waals surface area contributed by atoms with Gasteiger partial charge in [0.25, 0.3) is 0 Å². The van der Waals surface area contributed by atoms with E-state index in [-0.39, 0.29) is 12.0 Å². The lowest BCUT2D eigenvalue weighted by molar-refractivity contribution is -0.143. The van der Waals surface area contributed by atoms with Crippen LogP contribution in [-0.2, 0) is 9.53 Å². The molecule has 1 saturated carbocycles. The van der Waals surface area contributed by atoms with E-state index in [1.54, 1.807) is 11.8 Å². The zero-order valence-electron chi connectivity index (χ0n) is 8.21. The molecule has 0 aromatic carbocycles. The van der Waals surface area contributed by atoms with E-state index in [2.05, 4.69) is 5.32 Å². The first kappa shape index (κ1) is 10.9. The van der Waals surface area contributed by atoms with Crippen LogP contribution in [0.5, 0.6) is 0 Å². The summed E-state index contributed by atoms with van der Waals surface area (Å²) >= 11 is 1.76. The maximum absolute atomic E-state index is 11.3. The number of carbonyl (C=O) groups is 1. The Balaban J connectivity index is 2.27. The van der Waals surface area contributed by atoms with Gasteiger partial charge in [0.15, 0.2) is 0 Å². The Bertz CT molecular complexity index is 171. The first-order chi connectivity index (χ1) is 6.27. The predicted octanol–water partition coefficient (Wildman–Crippen LogP) is 1.03. The molecule has 0 amide bonds. The van der Waals surface area contributed by atoms with Crippen molar-refractivity contribution >= 4 is 17.7 Å². The highest BCUT2D eigenvalue weighted by molar-refractivity contribution is 7.98. The topological polar surface area (TPSA) is 38.3 Å². The Morgan fingerprint density at radius 1 is 1.69 bits per heavy atom. The van der Waals surface area contributed by atoms with Gasteiger partial charge in [0.1, 0.15) is 6.04 Å². The van der Waals surface area contributed by atoms with E-state index in [4.69, 9.17) is 4.74 Å². The molecule has 1 fully saturated rings. The van der Waals surface area contributed by atoms with Crippen LogP contribution in [0, 0.1) is 0 Å². The first-order valence-electron chi connectivity index (χ1n) is 4.60. The van der Waals surface area contributed by atoms with E-state index in [0.717, 1.165) is 12.2 Å².